The molecular formula is C15H32O4. The molecule has 0 aliphatic carbocycles. The number of ether oxygens (including phenoxy) is 4. The minimum absolute atomic E-state index is 0.00694. The van der Waals surface area contributed by atoms with E-state index in [2.05, 4.69) is 20.8 Å². The van der Waals surface area contributed by atoms with E-state index >= 15 is 0 Å². The van der Waals surface area contributed by atoms with Crippen LogP contribution in [0.15, 0.2) is 0 Å². The lowest BCUT2D eigenvalue weighted by atomic mass is 9.89. The van der Waals surface area contributed by atoms with Gasteiger partial charge in [-0.1, -0.05) is 20.8 Å². The van der Waals surface area contributed by atoms with Crippen LogP contribution in [0.3, 0.4) is 0 Å². The van der Waals surface area contributed by atoms with Crippen LogP contribution in [0.1, 0.15) is 48.0 Å². The average molecular weight is 276 g/mol. The zero-order chi connectivity index (χ0) is 15.1. The van der Waals surface area contributed by atoms with Gasteiger partial charge >= 0.3 is 0 Å². The Morgan fingerprint density at radius 2 is 1.37 bits per heavy atom. The van der Waals surface area contributed by atoms with Crippen molar-refractivity contribution >= 4 is 0 Å². The molecule has 0 aliphatic rings. The summed E-state index contributed by atoms with van der Waals surface area (Å²) in [6.45, 7) is 13.6. The third kappa shape index (κ3) is 11.4. The van der Waals surface area contributed by atoms with Crippen LogP contribution in [-0.2, 0) is 18.9 Å². The summed E-state index contributed by atoms with van der Waals surface area (Å²) in [4.78, 5) is 0. The average Bonchev–Trinajstić information content (AvgIpc) is 2.12. The highest BCUT2D eigenvalue weighted by Gasteiger charge is 2.26. The van der Waals surface area contributed by atoms with Crippen LogP contribution in [0.4, 0.5) is 0 Å². The predicted octanol–water partition coefficient (Wildman–Crippen LogP) is 3.24. The lowest BCUT2D eigenvalue weighted by Gasteiger charge is -2.32. The Bertz CT molecular complexity index is 203. The Labute approximate surface area is 118 Å². The molecule has 0 bridgehead atoms. The molecule has 0 aromatic carbocycles. The zero-order valence-corrected chi connectivity index (χ0v) is 13.9. The molecule has 0 radical (unpaired) electrons. The lowest BCUT2D eigenvalue weighted by molar-refractivity contribution is -0.240. The highest BCUT2D eigenvalue weighted by atomic mass is 16.7. The van der Waals surface area contributed by atoms with Gasteiger partial charge in [0, 0.05) is 14.2 Å². The third-order valence-corrected chi connectivity index (χ3v) is 2.32. The van der Waals surface area contributed by atoms with Crippen molar-refractivity contribution in [2.45, 2.75) is 66.0 Å². The van der Waals surface area contributed by atoms with E-state index in [9.17, 15) is 0 Å². The van der Waals surface area contributed by atoms with E-state index in [4.69, 9.17) is 18.9 Å². The fourth-order valence-corrected chi connectivity index (χ4v) is 1.86. The van der Waals surface area contributed by atoms with Gasteiger partial charge in [-0.2, -0.15) is 0 Å². The molecule has 2 atom stereocenters. The SMILES string of the molecule is COCC(CC(C)(C)C)OC(COC)OC(C)(C)C. The molecule has 0 saturated carbocycles. The summed E-state index contributed by atoms with van der Waals surface area (Å²) >= 11 is 0. The van der Waals surface area contributed by atoms with E-state index in [0.29, 0.717) is 13.2 Å². The third-order valence-electron chi connectivity index (χ3n) is 2.32. The van der Waals surface area contributed by atoms with Gasteiger partial charge in [0.05, 0.1) is 24.9 Å². The molecular weight excluding hydrogens is 244 g/mol. The summed E-state index contributed by atoms with van der Waals surface area (Å²) in [6.07, 6.45) is 0.550. The van der Waals surface area contributed by atoms with E-state index in [0.717, 1.165) is 6.42 Å². The van der Waals surface area contributed by atoms with Gasteiger partial charge in [-0.05, 0) is 32.6 Å². The van der Waals surface area contributed by atoms with Crippen LogP contribution < -0.4 is 0 Å². The zero-order valence-electron chi connectivity index (χ0n) is 13.9. The predicted molar refractivity (Wildman–Crippen MR) is 77.3 cm³/mol. The summed E-state index contributed by atoms with van der Waals surface area (Å²) in [7, 11) is 3.34. The number of hydrogen-bond donors (Lipinski definition) is 0. The lowest BCUT2D eigenvalue weighted by Crippen LogP contribution is -2.38. The van der Waals surface area contributed by atoms with Gasteiger partial charge in [-0.25, -0.2) is 0 Å². The Kier molecular flexibility index (Phi) is 8.13. The first-order chi connectivity index (χ1) is 8.57. The Morgan fingerprint density at radius 1 is 0.842 bits per heavy atom. The molecule has 2 unspecified atom stereocenters. The van der Waals surface area contributed by atoms with Crippen molar-refractivity contribution in [1.29, 1.82) is 0 Å². The molecule has 0 heterocycles. The first-order valence-corrected chi connectivity index (χ1v) is 6.88. The Morgan fingerprint density at radius 3 is 1.74 bits per heavy atom. The van der Waals surface area contributed by atoms with Crippen molar-refractivity contribution in [3.8, 4) is 0 Å². The van der Waals surface area contributed by atoms with Crippen molar-refractivity contribution in [3.63, 3.8) is 0 Å². The van der Waals surface area contributed by atoms with Gasteiger partial charge in [-0.3, -0.25) is 0 Å². The second-order valence-corrected chi connectivity index (χ2v) is 7.09. The molecule has 0 aromatic heterocycles. The standard InChI is InChI=1S/C15H32O4/c1-14(2,3)9-12(10-16-7)18-13(11-17-8)19-15(4,5)6/h12-13H,9-11H2,1-8H3. The maximum Gasteiger partial charge on any atom is 0.181 e. The van der Waals surface area contributed by atoms with E-state index < -0.39 is 0 Å². The van der Waals surface area contributed by atoms with Crippen LogP contribution in [0.2, 0.25) is 0 Å². The molecule has 0 amide bonds. The number of rotatable bonds is 8. The maximum absolute atomic E-state index is 6.01. The molecule has 0 fully saturated rings. The number of hydrogen-bond acceptors (Lipinski definition) is 4. The highest BCUT2D eigenvalue weighted by Crippen LogP contribution is 2.24. The molecule has 4 nitrogen and oxygen atoms in total. The van der Waals surface area contributed by atoms with Crippen molar-refractivity contribution < 1.29 is 18.9 Å². The van der Waals surface area contributed by atoms with Gasteiger partial charge in [-0.15, -0.1) is 0 Å². The van der Waals surface area contributed by atoms with Crippen molar-refractivity contribution in [2.75, 3.05) is 27.4 Å². The Balaban J connectivity index is 4.55. The minimum Gasteiger partial charge on any atom is -0.382 e. The number of methoxy groups -OCH3 is 2. The summed E-state index contributed by atoms with van der Waals surface area (Å²) in [6, 6.07) is 0. The summed E-state index contributed by atoms with van der Waals surface area (Å²) < 4.78 is 22.3. The van der Waals surface area contributed by atoms with Gasteiger partial charge in [0.25, 0.3) is 0 Å². The molecule has 0 N–H and O–H groups in total. The molecule has 0 spiro atoms. The van der Waals surface area contributed by atoms with Crippen LogP contribution >= 0.6 is 0 Å². The van der Waals surface area contributed by atoms with Crippen LogP contribution in [0.25, 0.3) is 0 Å². The summed E-state index contributed by atoms with van der Waals surface area (Å²) in [5.74, 6) is 0. The maximum atomic E-state index is 6.01. The van der Waals surface area contributed by atoms with Crippen molar-refractivity contribution in [2.24, 2.45) is 5.41 Å². The summed E-state index contributed by atoms with van der Waals surface area (Å²) in [5.41, 5.74) is -0.0783. The molecule has 116 valence electrons. The monoisotopic (exact) mass is 276 g/mol. The second kappa shape index (κ2) is 8.20. The molecule has 0 aromatic rings. The van der Waals surface area contributed by atoms with Crippen molar-refractivity contribution in [1.82, 2.24) is 0 Å². The molecule has 19 heavy (non-hydrogen) atoms. The molecule has 0 aliphatic heterocycles. The van der Waals surface area contributed by atoms with Crippen LogP contribution in [-0.4, -0.2) is 45.4 Å². The van der Waals surface area contributed by atoms with E-state index in [1.807, 2.05) is 20.8 Å². The quantitative estimate of drug-likeness (QED) is 0.638. The van der Waals surface area contributed by atoms with Crippen LogP contribution in [0, 0.1) is 5.41 Å². The summed E-state index contributed by atoms with van der Waals surface area (Å²) in [5, 5.41) is 0. The van der Waals surface area contributed by atoms with Gasteiger partial charge in [0.15, 0.2) is 6.29 Å². The van der Waals surface area contributed by atoms with E-state index in [1.54, 1.807) is 14.2 Å². The van der Waals surface area contributed by atoms with Gasteiger partial charge < -0.3 is 18.9 Å². The molecule has 4 heteroatoms. The largest absolute Gasteiger partial charge is 0.382 e. The van der Waals surface area contributed by atoms with Crippen molar-refractivity contribution in [3.05, 3.63) is 0 Å². The highest BCUT2D eigenvalue weighted by molar-refractivity contribution is 4.71. The molecule has 0 rings (SSSR count). The minimum atomic E-state index is -0.368. The first-order valence-electron chi connectivity index (χ1n) is 6.88. The Hall–Kier alpha value is -0.160. The fraction of sp³-hybridized carbons (Fsp3) is 1.00. The smallest absolute Gasteiger partial charge is 0.181 e. The first kappa shape index (κ1) is 18.8. The van der Waals surface area contributed by atoms with E-state index in [1.165, 1.54) is 0 Å². The second-order valence-electron chi connectivity index (χ2n) is 7.09. The van der Waals surface area contributed by atoms with E-state index in [-0.39, 0.29) is 23.4 Å². The fourth-order valence-electron chi connectivity index (χ4n) is 1.86. The van der Waals surface area contributed by atoms with Gasteiger partial charge in [0.2, 0.25) is 0 Å². The normalized spacial score (nSPS) is 16.4. The molecule has 0 saturated heterocycles. The van der Waals surface area contributed by atoms with Crippen LogP contribution in [0.5, 0.6) is 0 Å². The topological polar surface area (TPSA) is 36.9 Å². The van der Waals surface area contributed by atoms with Gasteiger partial charge in [0.1, 0.15) is 0 Å².